The van der Waals surface area contributed by atoms with Crippen LogP contribution in [0.25, 0.3) is 0 Å². The number of rotatable bonds is 5. The molecule has 2 aliphatic heterocycles. The minimum atomic E-state index is -0.606. The summed E-state index contributed by atoms with van der Waals surface area (Å²) in [4.78, 5) is 2.40. The van der Waals surface area contributed by atoms with Crippen molar-refractivity contribution in [3.8, 4) is 23.3 Å². The molecule has 1 saturated carbocycles. The highest BCUT2D eigenvalue weighted by Crippen LogP contribution is 2.51. The van der Waals surface area contributed by atoms with Gasteiger partial charge in [0, 0.05) is 24.5 Å². The molecule has 168 valence electrons. The molecule has 2 aromatic rings. The number of benzene rings is 2. The van der Waals surface area contributed by atoms with E-state index >= 15 is 0 Å². The van der Waals surface area contributed by atoms with Gasteiger partial charge < -0.3 is 19.3 Å². The molecule has 6 heteroatoms. The maximum atomic E-state index is 10.8. The lowest BCUT2D eigenvalue weighted by Gasteiger charge is -2.47. The number of fused-ring (bicyclic) bond motifs is 3. The molecule has 1 fully saturated rings. The third kappa shape index (κ3) is 3.92. The van der Waals surface area contributed by atoms with Crippen molar-refractivity contribution in [3.63, 3.8) is 0 Å². The zero-order chi connectivity index (χ0) is 22.1. The fourth-order valence-electron chi connectivity index (χ4n) is 5.56. The van der Waals surface area contributed by atoms with Crippen LogP contribution >= 0.6 is 0 Å². The zero-order valence-corrected chi connectivity index (χ0v) is 18.5. The van der Waals surface area contributed by atoms with Gasteiger partial charge in [0.25, 0.3) is 0 Å². The molecule has 0 aromatic heterocycles. The number of nitriles is 1. The van der Waals surface area contributed by atoms with Gasteiger partial charge in [-0.1, -0.05) is 12.8 Å². The highest BCUT2D eigenvalue weighted by molar-refractivity contribution is 5.53. The standard InChI is InChI=1S/C26H30N2O4/c1-18-22-12-24-25(31-11-10-30-24)13-23(22)26(8-2-3-9-26)17-28(18)15-20(29)16-32-21-6-4-19(14-27)5-7-21/h4-7,12-13,18,20,29H,2-3,8-11,15-17H2,1H3. The third-order valence-corrected chi connectivity index (χ3v) is 7.22. The Morgan fingerprint density at radius 1 is 1.16 bits per heavy atom. The smallest absolute Gasteiger partial charge is 0.161 e. The molecule has 2 aromatic carbocycles. The Morgan fingerprint density at radius 3 is 2.53 bits per heavy atom. The van der Waals surface area contributed by atoms with Crippen LogP contribution in [0.15, 0.2) is 36.4 Å². The Hall–Kier alpha value is -2.75. The molecule has 0 radical (unpaired) electrons. The number of aliphatic hydroxyl groups excluding tert-OH is 1. The van der Waals surface area contributed by atoms with Crippen LogP contribution in [-0.2, 0) is 5.41 Å². The van der Waals surface area contributed by atoms with Crippen molar-refractivity contribution in [2.75, 3.05) is 32.9 Å². The monoisotopic (exact) mass is 434 g/mol. The van der Waals surface area contributed by atoms with Crippen LogP contribution in [0.5, 0.6) is 17.2 Å². The summed E-state index contributed by atoms with van der Waals surface area (Å²) in [6.07, 6.45) is 4.20. The van der Waals surface area contributed by atoms with Gasteiger partial charge in [-0.3, -0.25) is 4.90 Å². The Morgan fingerprint density at radius 2 is 1.84 bits per heavy atom. The molecular formula is C26H30N2O4. The van der Waals surface area contributed by atoms with Crippen LogP contribution in [-0.4, -0.2) is 49.0 Å². The molecule has 3 aliphatic rings. The summed E-state index contributed by atoms with van der Waals surface area (Å²) in [6, 6.07) is 13.7. The number of aliphatic hydroxyl groups is 1. The van der Waals surface area contributed by atoms with Gasteiger partial charge in [-0.2, -0.15) is 5.26 Å². The number of β-amino-alcohol motifs (C(OH)–C–C–N with tert-alkyl or cyclic N) is 1. The van der Waals surface area contributed by atoms with E-state index in [0.717, 1.165) is 18.0 Å². The summed E-state index contributed by atoms with van der Waals surface area (Å²) in [5, 5.41) is 19.7. The molecule has 2 atom stereocenters. The quantitative estimate of drug-likeness (QED) is 0.768. The summed E-state index contributed by atoms with van der Waals surface area (Å²) in [5.74, 6) is 2.37. The van der Waals surface area contributed by atoms with Gasteiger partial charge in [0.15, 0.2) is 11.5 Å². The first kappa shape index (κ1) is 21.1. The second kappa shape index (κ2) is 8.65. The van der Waals surface area contributed by atoms with Gasteiger partial charge in [-0.25, -0.2) is 0 Å². The van der Waals surface area contributed by atoms with Gasteiger partial charge in [-0.15, -0.1) is 0 Å². The second-order valence-corrected chi connectivity index (χ2v) is 9.28. The molecule has 0 bridgehead atoms. The molecular weight excluding hydrogens is 404 g/mol. The van der Waals surface area contributed by atoms with Crippen molar-refractivity contribution in [2.45, 2.75) is 50.2 Å². The first-order chi connectivity index (χ1) is 15.6. The predicted molar refractivity (Wildman–Crippen MR) is 120 cm³/mol. The summed E-state index contributed by atoms with van der Waals surface area (Å²) >= 11 is 0. The number of ether oxygens (including phenoxy) is 3. The lowest BCUT2D eigenvalue weighted by molar-refractivity contribution is 0.0364. The van der Waals surface area contributed by atoms with E-state index in [9.17, 15) is 5.11 Å². The lowest BCUT2D eigenvalue weighted by atomic mass is 9.71. The lowest BCUT2D eigenvalue weighted by Crippen LogP contribution is -2.49. The molecule has 2 heterocycles. The maximum Gasteiger partial charge on any atom is 0.161 e. The molecule has 32 heavy (non-hydrogen) atoms. The first-order valence-electron chi connectivity index (χ1n) is 11.6. The van der Waals surface area contributed by atoms with E-state index in [1.54, 1.807) is 24.3 Å². The third-order valence-electron chi connectivity index (χ3n) is 7.22. The van der Waals surface area contributed by atoms with Crippen molar-refractivity contribution in [3.05, 3.63) is 53.1 Å². The average Bonchev–Trinajstić information content (AvgIpc) is 3.29. The van der Waals surface area contributed by atoms with Crippen LogP contribution < -0.4 is 14.2 Å². The minimum absolute atomic E-state index is 0.116. The van der Waals surface area contributed by atoms with Crippen molar-refractivity contribution in [1.29, 1.82) is 5.26 Å². The summed E-state index contributed by atoms with van der Waals surface area (Å²) in [7, 11) is 0. The van der Waals surface area contributed by atoms with Gasteiger partial charge >= 0.3 is 0 Å². The number of hydrogen-bond donors (Lipinski definition) is 1. The average molecular weight is 435 g/mol. The van der Waals surface area contributed by atoms with Crippen molar-refractivity contribution in [2.24, 2.45) is 0 Å². The fraction of sp³-hybridized carbons (Fsp3) is 0.500. The Kier molecular flexibility index (Phi) is 5.71. The first-order valence-corrected chi connectivity index (χ1v) is 11.6. The van der Waals surface area contributed by atoms with Crippen molar-refractivity contribution < 1.29 is 19.3 Å². The minimum Gasteiger partial charge on any atom is -0.491 e. The summed E-state index contributed by atoms with van der Waals surface area (Å²) < 4.78 is 17.6. The van der Waals surface area contributed by atoms with E-state index in [1.165, 1.54) is 36.8 Å². The Balaban J connectivity index is 1.33. The fourth-order valence-corrected chi connectivity index (χ4v) is 5.56. The van der Waals surface area contributed by atoms with Gasteiger partial charge in [0.05, 0.1) is 11.6 Å². The van der Waals surface area contributed by atoms with E-state index < -0.39 is 6.10 Å². The van der Waals surface area contributed by atoms with E-state index in [4.69, 9.17) is 19.5 Å². The molecule has 2 unspecified atom stereocenters. The highest BCUT2D eigenvalue weighted by atomic mass is 16.6. The van der Waals surface area contributed by atoms with Crippen molar-refractivity contribution >= 4 is 0 Å². The van der Waals surface area contributed by atoms with Crippen LogP contribution in [0.2, 0.25) is 0 Å². The van der Waals surface area contributed by atoms with Crippen LogP contribution in [0.4, 0.5) is 0 Å². The zero-order valence-electron chi connectivity index (χ0n) is 18.5. The summed E-state index contributed by atoms with van der Waals surface area (Å²) in [5.41, 5.74) is 3.41. The van der Waals surface area contributed by atoms with Gasteiger partial charge in [-0.05, 0) is 67.3 Å². The van der Waals surface area contributed by atoms with Crippen molar-refractivity contribution in [1.82, 2.24) is 4.90 Å². The number of nitrogens with zero attached hydrogens (tertiary/aromatic N) is 2. The molecule has 1 spiro atoms. The Bertz CT molecular complexity index is 1010. The topological polar surface area (TPSA) is 75.0 Å². The SMILES string of the molecule is CC1c2cc3c(cc2C2(CCCC2)CN1CC(O)COc1ccc(C#N)cc1)OCCO3. The molecule has 0 saturated heterocycles. The molecule has 6 nitrogen and oxygen atoms in total. The van der Waals surface area contributed by atoms with Crippen LogP contribution in [0.1, 0.15) is 55.3 Å². The van der Waals surface area contributed by atoms with Crippen LogP contribution in [0.3, 0.4) is 0 Å². The Labute approximate surface area is 189 Å². The predicted octanol–water partition coefficient (Wildman–Crippen LogP) is 3.96. The molecule has 1 N–H and O–H groups in total. The maximum absolute atomic E-state index is 10.8. The van der Waals surface area contributed by atoms with E-state index in [2.05, 4.69) is 30.0 Å². The van der Waals surface area contributed by atoms with Crippen LogP contribution in [0, 0.1) is 11.3 Å². The van der Waals surface area contributed by atoms with Gasteiger partial charge in [0.1, 0.15) is 31.7 Å². The highest BCUT2D eigenvalue weighted by Gasteiger charge is 2.45. The second-order valence-electron chi connectivity index (χ2n) is 9.28. The summed E-state index contributed by atoms with van der Waals surface area (Å²) in [6.45, 7) is 5.11. The molecule has 5 rings (SSSR count). The molecule has 0 amide bonds. The van der Waals surface area contributed by atoms with E-state index in [0.29, 0.717) is 31.1 Å². The van der Waals surface area contributed by atoms with E-state index in [-0.39, 0.29) is 18.1 Å². The normalized spacial score (nSPS) is 22.2. The largest absolute Gasteiger partial charge is 0.491 e. The molecule has 1 aliphatic carbocycles. The van der Waals surface area contributed by atoms with Gasteiger partial charge in [0.2, 0.25) is 0 Å². The number of hydrogen-bond acceptors (Lipinski definition) is 6. The van der Waals surface area contributed by atoms with E-state index in [1.807, 2.05) is 0 Å².